The van der Waals surface area contributed by atoms with E-state index in [1.165, 1.54) is 0 Å². The first-order valence-corrected chi connectivity index (χ1v) is 5.89. The summed E-state index contributed by atoms with van der Waals surface area (Å²) < 4.78 is 0. The summed E-state index contributed by atoms with van der Waals surface area (Å²) in [6.07, 6.45) is -0.498. The Balaban J connectivity index is 3.07. The summed E-state index contributed by atoms with van der Waals surface area (Å²) in [4.78, 5) is 0. The molecule has 0 aliphatic carbocycles. The van der Waals surface area contributed by atoms with Crippen molar-refractivity contribution in [3.63, 3.8) is 0 Å². The van der Waals surface area contributed by atoms with Crippen LogP contribution in [-0.2, 0) is 0 Å². The van der Waals surface area contributed by atoms with Crippen molar-refractivity contribution in [3.05, 3.63) is 32.8 Å². The molecule has 2 atom stereocenters. The molecule has 0 aliphatic heterocycles. The molecular formula is C10H13Cl3N2O. The zero-order valence-corrected chi connectivity index (χ0v) is 10.7. The molecule has 2 unspecified atom stereocenters. The van der Waals surface area contributed by atoms with Gasteiger partial charge in [-0.3, -0.25) is 0 Å². The van der Waals surface area contributed by atoms with Crippen molar-refractivity contribution in [2.24, 2.45) is 11.5 Å². The van der Waals surface area contributed by atoms with Gasteiger partial charge in [-0.1, -0.05) is 34.8 Å². The first kappa shape index (κ1) is 14.0. The summed E-state index contributed by atoms with van der Waals surface area (Å²) in [5.74, 6) is 0. The fraction of sp³-hybridized carbons (Fsp3) is 0.400. The van der Waals surface area contributed by atoms with Crippen LogP contribution in [0.5, 0.6) is 0 Å². The zero-order valence-electron chi connectivity index (χ0n) is 8.46. The highest BCUT2D eigenvalue weighted by atomic mass is 35.5. The Morgan fingerprint density at radius 2 is 1.75 bits per heavy atom. The maximum atomic E-state index is 10.00. The summed E-state index contributed by atoms with van der Waals surface area (Å²) in [6, 6.07) is 2.62. The lowest BCUT2D eigenvalue weighted by Gasteiger charge is -2.21. The largest absolute Gasteiger partial charge is 0.387 e. The molecule has 1 aromatic rings. The molecule has 0 fully saturated rings. The average Bonchev–Trinajstić information content (AvgIpc) is 2.24. The van der Waals surface area contributed by atoms with Crippen LogP contribution in [0.4, 0.5) is 0 Å². The van der Waals surface area contributed by atoms with Gasteiger partial charge in [-0.25, -0.2) is 0 Å². The monoisotopic (exact) mass is 282 g/mol. The summed E-state index contributed by atoms with van der Waals surface area (Å²) in [5.41, 5.74) is 11.5. The molecule has 0 heterocycles. The van der Waals surface area contributed by atoms with Crippen LogP contribution >= 0.6 is 34.8 Å². The van der Waals surface area contributed by atoms with Crippen LogP contribution in [0.25, 0.3) is 0 Å². The normalized spacial score (nSPS) is 14.9. The maximum absolute atomic E-state index is 10.00. The number of hydrogen-bond acceptors (Lipinski definition) is 3. The molecule has 5 N–H and O–H groups in total. The minimum absolute atomic E-state index is 0.231. The number of rotatable bonds is 4. The predicted molar refractivity (Wildman–Crippen MR) is 68.1 cm³/mol. The highest BCUT2D eigenvalue weighted by Crippen LogP contribution is 2.36. The van der Waals surface area contributed by atoms with Gasteiger partial charge in [-0.15, -0.1) is 0 Å². The van der Waals surface area contributed by atoms with Crippen molar-refractivity contribution >= 4 is 34.8 Å². The minimum atomic E-state index is -0.970. The second kappa shape index (κ2) is 6.05. The SMILES string of the molecule is NCCC(N)C(O)c1c(Cl)ccc(Cl)c1Cl. The van der Waals surface area contributed by atoms with E-state index in [-0.39, 0.29) is 5.02 Å². The lowest BCUT2D eigenvalue weighted by molar-refractivity contribution is 0.143. The summed E-state index contributed by atoms with van der Waals surface area (Å²) >= 11 is 17.8. The number of aliphatic hydroxyl groups excluding tert-OH is 1. The van der Waals surface area contributed by atoms with Crippen molar-refractivity contribution in [3.8, 4) is 0 Å². The molecule has 1 rings (SSSR count). The van der Waals surface area contributed by atoms with E-state index < -0.39 is 12.1 Å². The third-order valence-electron chi connectivity index (χ3n) is 2.28. The summed E-state index contributed by atoms with van der Waals surface area (Å²) in [6.45, 7) is 0.383. The molecule has 0 aromatic heterocycles. The van der Waals surface area contributed by atoms with Crippen LogP contribution in [0.15, 0.2) is 12.1 Å². The second-order valence-corrected chi connectivity index (χ2v) is 4.64. The van der Waals surface area contributed by atoms with Gasteiger partial charge in [-0.2, -0.15) is 0 Å². The molecule has 6 heteroatoms. The average molecular weight is 284 g/mol. The maximum Gasteiger partial charge on any atom is 0.0970 e. The fourth-order valence-corrected chi connectivity index (χ4v) is 2.14. The first-order chi connectivity index (χ1) is 7.49. The van der Waals surface area contributed by atoms with E-state index in [4.69, 9.17) is 46.3 Å². The molecule has 0 amide bonds. The molecule has 0 bridgehead atoms. The van der Waals surface area contributed by atoms with Gasteiger partial charge in [0.15, 0.2) is 0 Å². The molecule has 1 aromatic carbocycles. The molecule has 16 heavy (non-hydrogen) atoms. The van der Waals surface area contributed by atoms with Gasteiger partial charge in [0, 0.05) is 16.6 Å². The molecule has 0 spiro atoms. The predicted octanol–water partition coefficient (Wildman–Crippen LogP) is 2.36. The molecular weight excluding hydrogens is 270 g/mol. The molecule has 90 valence electrons. The van der Waals surface area contributed by atoms with E-state index in [9.17, 15) is 5.11 Å². The first-order valence-electron chi connectivity index (χ1n) is 4.76. The van der Waals surface area contributed by atoms with E-state index in [0.29, 0.717) is 28.6 Å². The Bertz CT molecular complexity index is 373. The number of benzene rings is 1. The fourth-order valence-electron chi connectivity index (χ4n) is 1.38. The lowest BCUT2D eigenvalue weighted by atomic mass is 10.0. The van der Waals surface area contributed by atoms with Gasteiger partial charge in [-0.05, 0) is 25.1 Å². The van der Waals surface area contributed by atoms with Crippen LogP contribution in [0.2, 0.25) is 15.1 Å². The Hall–Kier alpha value is -0.0300. The van der Waals surface area contributed by atoms with Crippen LogP contribution in [0.3, 0.4) is 0 Å². The van der Waals surface area contributed by atoms with Crippen molar-refractivity contribution in [1.82, 2.24) is 0 Å². The van der Waals surface area contributed by atoms with Crippen molar-refractivity contribution < 1.29 is 5.11 Å². The van der Waals surface area contributed by atoms with Gasteiger partial charge >= 0.3 is 0 Å². The summed E-state index contributed by atoms with van der Waals surface area (Å²) in [5, 5.41) is 10.9. The molecule has 0 radical (unpaired) electrons. The quantitative estimate of drug-likeness (QED) is 0.743. The van der Waals surface area contributed by atoms with Crippen LogP contribution in [0.1, 0.15) is 18.1 Å². The van der Waals surface area contributed by atoms with Gasteiger partial charge in [0.25, 0.3) is 0 Å². The number of aliphatic hydroxyl groups is 1. The third kappa shape index (κ3) is 3.00. The van der Waals surface area contributed by atoms with E-state index in [1.807, 2.05) is 0 Å². The van der Waals surface area contributed by atoms with Gasteiger partial charge in [0.1, 0.15) is 0 Å². The summed E-state index contributed by atoms with van der Waals surface area (Å²) in [7, 11) is 0. The minimum Gasteiger partial charge on any atom is -0.387 e. The molecule has 0 saturated carbocycles. The van der Waals surface area contributed by atoms with Gasteiger partial charge in [0.05, 0.1) is 16.1 Å². The van der Waals surface area contributed by atoms with Crippen molar-refractivity contribution in [2.75, 3.05) is 6.54 Å². The highest BCUT2D eigenvalue weighted by Gasteiger charge is 2.23. The van der Waals surface area contributed by atoms with Gasteiger partial charge < -0.3 is 16.6 Å². The molecule has 0 saturated heterocycles. The van der Waals surface area contributed by atoms with Crippen LogP contribution < -0.4 is 11.5 Å². The Morgan fingerprint density at radius 1 is 1.19 bits per heavy atom. The van der Waals surface area contributed by atoms with Crippen molar-refractivity contribution in [2.45, 2.75) is 18.6 Å². The van der Waals surface area contributed by atoms with Crippen LogP contribution in [0, 0.1) is 0 Å². The Morgan fingerprint density at radius 3 is 2.31 bits per heavy atom. The number of halogens is 3. The molecule has 0 aliphatic rings. The third-order valence-corrected chi connectivity index (χ3v) is 3.43. The Kier molecular flexibility index (Phi) is 5.31. The standard InChI is InChI=1S/C10H13Cl3N2O/c11-5-1-2-6(12)9(13)8(5)10(16)7(15)3-4-14/h1-2,7,10,16H,3-4,14-15H2. The molecule has 3 nitrogen and oxygen atoms in total. The van der Waals surface area contributed by atoms with E-state index in [1.54, 1.807) is 12.1 Å². The van der Waals surface area contributed by atoms with Crippen LogP contribution in [-0.4, -0.2) is 17.7 Å². The van der Waals surface area contributed by atoms with Gasteiger partial charge in [0.2, 0.25) is 0 Å². The number of nitrogens with two attached hydrogens (primary N) is 2. The van der Waals surface area contributed by atoms with E-state index >= 15 is 0 Å². The topological polar surface area (TPSA) is 72.3 Å². The second-order valence-electron chi connectivity index (χ2n) is 3.44. The van der Waals surface area contributed by atoms with Crippen molar-refractivity contribution in [1.29, 1.82) is 0 Å². The smallest absolute Gasteiger partial charge is 0.0970 e. The highest BCUT2D eigenvalue weighted by molar-refractivity contribution is 6.44. The van der Waals surface area contributed by atoms with E-state index in [0.717, 1.165) is 0 Å². The van der Waals surface area contributed by atoms with E-state index in [2.05, 4.69) is 0 Å². The lowest BCUT2D eigenvalue weighted by Crippen LogP contribution is -2.31. The zero-order chi connectivity index (χ0) is 12.3. The Labute approximate surface area is 109 Å². The number of hydrogen-bond donors (Lipinski definition) is 3.